The van der Waals surface area contributed by atoms with Crippen LogP contribution in [-0.4, -0.2) is 92.7 Å². The zero-order valence-electron chi connectivity index (χ0n) is 79.9. The molecule has 1 atom stereocenters. The third kappa shape index (κ3) is 47.7. The quantitative estimate of drug-likeness (QED) is 0.0148. The number of hydrogen-bond donors (Lipinski definition) is 0. The number of nitrogens with zero attached hydrogens (tertiary/aromatic N) is 1. The van der Waals surface area contributed by atoms with Crippen LogP contribution >= 0.6 is 11.6 Å². The lowest BCUT2D eigenvalue weighted by atomic mass is 10.0. The molecule has 0 aliphatic carbocycles. The zero-order chi connectivity index (χ0) is 96.9. The van der Waals surface area contributed by atoms with E-state index in [2.05, 4.69) is 46.5 Å². The number of unbranched alkanes of at least 4 members (excludes halogenated alkanes) is 26. The van der Waals surface area contributed by atoms with Crippen LogP contribution in [0.25, 0.3) is 0 Å². The fraction of sp³-hybridized carbons (Fsp3) is 0.395. The van der Waals surface area contributed by atoms with Gasteiger partial charge in [-0.25, -0.2) is 29.0 Å². The van der Waals surface area contributed by atoms with E-state index in [1.54, 1.807) is 200 Å². The SMILES string of the molecule is CCC(C)CCCOc1ccc(C(=O)Oc2ccc(C=O)cc2)cn1.CCCCCCCCCCOc1ccc(C(=O)Oc2ccc(C=O)cc2)cc1.CCCCCCCCCCOc1ccc(C(=O)Oc2ccc(C=O)cc2)cc1.CCCCCCCCCCc1ccc(C(=O)Oc2ccc(C=O)cc2)cc1.CCCCCCCCOc1ccc(C(=O)Oc2ccc(C=O)cc2)cc1Cl. The van der Waals surface area contributed by atoms with Gasteiger partial charge in [0.1, 0.15) is 77.4 Å². The van der Waals surface area contributed by atoms with Gasteiger partial charge in [-0.1, -0.05) is 239 Å². The highest BCUT2D eigenvalue weighted by Gasteiger charge is 2.17. The van der Waals surface area contributed by atoms with Crippen molar-refractivity contribution in [1.82, 2.24) is 4.98 Å². The molecule has 9 aromatic carbocycles. The minimum atomic E-state index is -0.516. The van der Waals surface area contributed by atoms with Crippen LogP contribution in [0.4, 0.5) is 0 Å². The molecule has 10 rings (SSSR count). The first kappa shape index (κ1) is 111. The molecule has 21 heteroatoms. The van der Waals surface area contributed by atoms with Gasteiger partial charge in [-0.3, -0.25) is 24.0 Å². The number of aryl methyl sites for hydroxylation is 1. The molecule has 0 saturated heterocycles. The Morgan fingerprint density at radius 2 is 0.548 bits per heavy atom. The molecule has 0 spiro atoms. The van der Waals surface area contributed by atoms with Crippen molar-refractivity contribution in [3.05, 3.63) is 297 Å². The van der Waals surface area contributed by atoms with Crippen LogP contribution < -0.4 is 42.6 Å². The van der Waals surface area contributed by atoms with Crippen molar-refractivity contribution in [3.63, 3.8) is 0 Å². The van der Waals surface area contributed by atoms with E-state index in [-0.39, 0.29) is 5.97 Å². The van der Waals surface area contributed by atoms with E-state index >= 15 is 0 Å². The molecule has 0 aliphatic heterocycles. The summed E-state index contributed by atoms with van der Waals surface area (Å²) in [4.78, 5) is 118. The van der Waals surface area contributed by atoms with Crippen molar-refractivity contribution in [1.29, 1.82) is 0 Å². The largest absolute Gasteiger partial charge is 0.494 e. The van der Waals surface area contributed by atoms with E-state index in [9.17, 15) is 47.9 Å². The molecular formula is C114H138ClNO19. The fourth-order valence-corrected chi connectivity index (χ4v) is 13.8. The lowest BCUT2D eigenvalue weighted by molar-refractivity contribution is 0.0724. The average Bonchev–Trinajstić information content (AvgIpc) is 0.769. The van der Waals surface area contributed by atoms with E-state index in [4.69, 9.17) is 54.2 Å². The summed E-state index contributed by atoms with van der Waals surface area (Å²) in [5, 5.41) is 0.381. The zero-order valence-corrected chi connectivity index (χ0v) is 80.6. The van der Waals surface area contributed by atoms with E-state index in [0.717, 1.165) is 87.9 Å². The van der Waals surface area contributed by atoms with Crippen molar-refractivity contribution in [2.24, 2.45) is 5.92 Å². The van der Waals surface area contributed by atoms with Gasteiger partial charge in [-0.2, -0.15) is 0 Å². The third-order valence-electron chi connectivity index (χ3n) is 22.0. The molecule has 0 saturated carbocycles. The Morgan fingerprint density at radius 1 is 0.281 bits per heavy atom. The van der Waals surface area contributed by atoms with Gasteiger partial charge in [0.05, 0.1) is 59.3 Å². The number of rotatable bonds is 58. The molecule has 0 radical (unpaired) electrons. The van der Waals surface area contributed by atoms with E-state index in [0.29, 0.717) is 133 Å². The second kappa shape index (κ2) is 69.2. The molecule has 10 aromatic rings. The number of aromatic nitrogens is 1. The second-order valence-corrected chi connectivity index (χ2v) is 33.6. The molecule has 0 amide bonds. The Morgan fingerprint density at radius 3 is 0.852 bits per heavy atom. The lowest BCUT2D eigenvalue weighted by Gasteiger charge is -2.10. The van der Waals surface area contributed by atoms with Crippen LogP contribution in [0.2, 0.25) is 5.02 Å². The van der Waals surface area contributed by atoms with Crippen LogP contribution in [0.1, 0.15) is 363 Å². The van der Waals surface area contributed by atoms with Crippen molar-refractivity contribution in [3.8, 4) is 51.9 Å². The van der Waals surface area contributed by atoms with Crippen molar-refractivity contribution >= 4 is 72.9 Å². The summed E-state index contributed by atoms with van der Waals surface area (Å²) in [5.74, 6) is 3.00. The number of carbonyl (C=O) groups excluding carboxylic acids is 10. The minimum Gasteiger partial charge on any atom is -0.494 e. The number of halogens is 1. The topological polar surface area (TPSA) is 267 Å². The number of ether oxygens (including phenoxy) is 9. The Hall–Kier alpha value is -12.7. The van der Waals surface area contributed by atoms with Crippen LogP contribution in [0.5, 0.6) is 51.9 Å². The van der Waals surface area contributed by atoms with E-state index < -0.39 is 23.9 Å². The summed E-state index contributed by atoms with van der Waals surface area (Å²) >= 11 is 6.23. The summed E-state index contributed by atoms with van der Waals surface area (Å²) in [6.45, 7) is 16.0. The van der Waals surface area contributed by atoms with Gasteiger partial charge in [0.25, 0.3) is 0 Å². The predicted octanol–water partition coefficient (Wildman–Crippen LogP) is 29.3. The number of benzene rings is 9. The van der Waals surface area contributed by atoms with E-state index in [1.165, 1.54) is 185 Å². The normalized spacial score (nSPS) is 10.7. The first-order chi connectivity index (χ1) is 65.9. The first-order valence-corrected chi connectivity index (χ1v) is 48.7. The van der Waals surface area contributed by atoms with Gasteiger partial charge in [0.15, 0.2) is 0 Å². The molecular weight excluding hydrogens is 1720 g/mol. The number of carbonyl (C=O) groups is 10. The summed E-state index contributed by atoms with van der Waals surface area (Å²) < 4.78 is 49.3. The molecule has 0 N–H and O–H groups in total. The van der Waals surface area contributed by atoms with Crippen LogP contribution in [0.15, 0.2) is 231 Å². The highest BCUT2D eigenvalue weighted by Crippen LogP contribution is 2.29. The highest BCUT2D eigenvalue weighted by molar-refractivity contribution is 6.32. The molecule has 1 heterocycles. The highest BCUT2D eigenvalue weighted by atomic mass is 35.5. The van der Waals surface area contributed by atoms with Crippen molar-refractivity contribution in [2.75, 3.05) is 26.4 Å². The Balaban J connectivity index is 0.000000259. The number of pyridine rings is 1. The fourth-order valence-electron chi connectivity index (χ4n) is 13.6. The molecule has 1 unspecified atom stereocenters. The molecule has 1 aromatic heterocycles. The summed E-state index contributed by atoms with van der Waals surface area (Å²) in [6, 6.07) is 61.7. The van der Waals surface area contributed by atoms with E-state index in [1.807, 2.05) is 24.3 Å². The van der Waals surface area contributed by atoms with Gasteiger partial charge in [0.2, 0.25) is 5.88 Å². The van der Waals surface area contributed by atoms with Crippen LogP contribution in [-0.2, 0) is 6.42 Å². The molecule has 135 heavy (non-hydrogen) atoms. The Labute approximate surface area is 804 Å². The molecule has 0 aliphatic rings. The maximum atomic E-state index is 12.2. The molecule has 0 fully saturated rings. The maximum absolute atomic E-state index is 12.2. The number of esters is 5. The summed E-state index contributed by atoms with van der Waals surface area (Å²) in [6.07, 6.45) is 47.5. The third-order valence-corrected chi connectivity index (χ3v) is 22.3. The summed E-state index contributed by atoms with van der Waals surface area (Å²) in [5.41, 5.74) is 6.06. The minimum absolute atomic E-state index is 0.339. The first-order valence-electron chi connectivity index (χ1n) is 48.4. The second-order valence-electron chi connectivity index (χ2n) is 33.1. The monoisotopic (exact) mass is 1860 g/mol. The van der Waals surface area contributed by atoms with Gasteiger partial charge in [-0.15, -0.1) is 0 Å². The number of hydrogen-bond acceptors (Lipinski definition) is 20. The van der Waals surface area contributed by atoms with Gasteiger partial charge < -0.3 is 42.6 Å². The molecule has 720 valence electrons. The smallest absolute Gasteiger partial charge is 0.345 e. The van der Waals surface area contributed by atoms with Gasteiger partial charge in [0, 0.05) is 40.1 Å². The van der Waals surface area contributed by atoms with Crippen LogP contribution in [0.3, 0.4) is 0 Å². The summed E-state index contributed by atoms with van der Waals surface area (Å²) in [7, 11) is 0. The molecule has 0 bridgehead atoms. The Kier molecular flexibility index (Phi) is 56.9. The maximum Gasteiger partial charge on any atom is 0.345 e. The lowest BCUT2D eigenvalue weighted by Crippen LogP contribution is -2.09. The Bertz CT molecular complexity index is 4860. The standard InChI is InChI=1S/2C24H30O4.C24H30O3.C22H25ClO4.C20H23NO4/c2*1-2-3-4-5-6-7-8-9-18-27-22-16-12-21(13-17-22)24(26)28-23-14-10-20(19-25)11-15-23;1-2-3-4-5-6-7-8-9-10-20-11-15-22(16-12-20)24(26)27-23-17-13-21(19-25)14-18-23;1-2-3-4-5-6-7-14-26-21-13-10-18(15-20(21)23)22(25)27-19-11-8-17(16-24)9-12-19;1-3-15(2)5-4-12-24-19-11-8-17(13-21-19)20(23)25-18-9-6-16(14-22)7-10-18/h2*10-17,19H,2-9,18H2,1H3;11-19H,2-10H2,1H3;8-13,15-16H,2-7,14H2,1H3;6-11,13-15H,3-5,12H2,1-2H3. The van der Waals surface area contributed by atoms with Gasteiger partial charge >= 0.3 is 29.8 Å². The average molecular weight is 1860 g/mol. The van der Waals surface area contributed by atoms with Crippen LogP contribution in [0, 0.1) is 5.92 Å². The van der Waals surface area contributed by atoms with Crippen molar-refractivity contribution < 1.29 is 90.6 Å². The number of aldehydes is 5. The van der Waals surface area contributed by atoms with Gasteiger partial charge in [-0.05, 0) is 263 Å². The predicted molar refractivity (Wildman–Crippen MR) is 535 cm³/mol. The molecule has 20 nitrogen and oxygen atoms in total. The van der Waals surface area contributed by atoms with Crippen molar-refractivity contribution in [2.45, 2.75) is 260 Å².